The van der Waals surface area contributed by atoms with Crippen LogP contribution in [-0.4, -0.2) is 22.4 Å². The molecule has 0 spiro atoms. The van der Waals surface area contributed by atoms with Crippen molar-refractivity contribution >= 4 is 23.2 Å². The van der Waals surface area contributed by atoms with Crippen LogP contribution >= 0.6 is 0 Å². The van der Waals surface area contributed by atoms with Gasteiger partial charge in [-0.3, -0.25) is 14.9 Å². The summed E-state index contributed by atoms with van der Waals surface area (Å²) in [7, 11) is 0. The first-order valence-electron chi connectivity index (χ1n) is 7.34. The summed E-state index contributed by atoms with van der Waals surface area (Å²) in [4.78, 5) is 26.4. The van der Waals surface area contributed by atoms with Crippen LogP contribution in [0, 0.1) is 24.0 Å². The zero-order valence-corrected chi connectivity index (χ0v) is 13.3. The summed E-state index contributed by atoms with van der Waals surface area (Å²) in [5.41, 5.74) is 3.18. The normalized spacial score (nSPS) is 11.3. The predicted molar refractivity (Wildman–Crippen MR) is 89.9 cm³/mol. The van der Waals surface area contributed by atoms with Crippen LogP contribution in [0.3, 0.4) is 0 Å². The van der Waals surface area contributed by atoms with Crippen LogP contribution in [0.15, 0.2) is 30.3 Å². The Labute approximate surface area is 134 Å². The van der Waals surface area contributed by atoms with E-state index in [1.54, 1.807) is 31.2 Å². The number of benzene rings is 1. The van der Waals surface area contributed by atoms with Crippen LogP contribution in [0.25, 0.3) is 11.6 Å². The second-order valence-corrected chi connectivity index (χ2v) is 5.24. The summed E-state index contributed by atoms with van der Waals surface area (Å²) < 4.78 is 0. The van der Waals surface area contributed by atoms with E-state index < -0.39 is 4.92 Å². The zero-order valence-electron chi connectivity index (χ0n) is 13.3. The van der Waals surface area contributed by atoms with Crippen LogP contribution in [0.1, 0.15) is 29.4 Å². The molecule has 0 fully saturated rings. The Kier molecular flexibility index (Phi) is 4.95. The van der Waals surface area contributed by atoms with Crippen molar-refractivity contribution in [2.24, 2.45) is 0 Å². The maximum atomic E-state index is 12.4. The highest BCUT2D eigenvalue weighted by atomic mass is 16.6. The number of aromatic amines is 1. The molecule has 1 heterocycles. The number of amides is 1. The van der Waals surface area contributed by atoms with E-state index in [0.717, 1.165) is 17.0 Å². The molecule has 0 unspecified atom stereocenters. The average Bonchev–Trinajstić information content (AvgIpc) is 2.82. The van der Waals surface area contributed by atoms with Crippen molar-refractivity contribution in [2.75, 3.05) is 6.54 Å². The largest absolute Gasteiger partial charge is 0.359 e. The van der Waals surface area contributed by atoms with Gasteiger partial charge < -0.3 is 10.3 Å². The maximum Gasteiger partial charge on any atom is 0.277 e. The predicted octanol–water partition coefficient (Wildman–Crippen LogP) is 3.22. The Bertz CT molecular complexity index is 775. The number of hydrogen-bond donors (Lipinski definition) is 2. The van der Waals surface area contributed by atoms with Gasteiger partial charge in [-0.25, -0.2) is 0 Å². The minimum Gasteiger partial charge on any atom is -0.359 e. The molecule has 6 nitrogen and oxygen atoms in total. The van der Waals surface area contributed by atoms with E-state index in [1.165, 1.54) is 6.07 Å². The topological polar surface area (TPSA) is 88.0 Å². The van der Waals surface area contributed by atoms with Crippen LogP contribution in [0.4, 0.5) is 5.69 Å². The molecule has 0 saturated heterocycles. The molecule has 0 saturated carbocycles. The molecule has 0 aliphatic rings. The fraction of sp³-hybridized carbons (Fsp3) is 0.235. The first kappa shape index (κ1) is 16.5. The average molecular weight is 313 g/mol. The molecule has 1 aromatic carbocycles. The number of nitrogens with one attached hydrogen (secondary N) is 2. The summed E-state index contributed by atoms with van der Waals surface area (Å²) in [6.45, 7) is 6.09. The number of nitro groups is 1. The van der Waals surface area contributed by atoms with Crippen molar-refractivity contribution in [3.8, 4) is 0 Å². The number of para-hydroxylation sites is 1. The zero-order chi connectivity index (χ0) is 17.0. The molecule has 2 N–H and O–H groups in total. The smallest absolute Gasteiger partial charge is 0.277 e. The monoisotopic (exact) mass is 313 g/mol. The summed E-state index contributed by atoms with van der Waals surface area (Å²) >= 11 is 0. The number of hydrogen-bond acceptors (Lipinski definition) is 3. The number of aryl methyl sites for hydroxylation is 2. The van der Waals surface area contributed by atoms with E-state index in [9.17, 15) is 14.9 Å². The molecule has 0 bridgehead atoms. The SMILES string of the molecule is CCNC(=O)/C(=C\c1[nH]c(C)cc1C)c1ccccc1[N+](=O)[O-]. The van der Waals surface area contributed by atoms with Gasteiger partial charge >= 0.3 is 0 Å². The van der Waals surface area contributed by atoms with E-state index >= 15 is 0 Å². The second-order valence-electron chi connectivity index (χ2n) is 5.24. The van der Waals surface area contributed by atoms with Crippen LogP contribution < -0.4 is 5.32 Å². The van der Waals surface area contributed by atoms with E-state index in [0.29, 0.717) is 12.1 Å². The molecule has 2 aromatic rings. The quantitative estimate of drug-likeness (QED) is 0.504. The molecular formula is C17H19N3O3. The molecule has 0 aliphatic carbocycles. The third-order valence-corrected chi connectivity index (χ3v) is 3.45. The second kappa shape index (κ2) is 6.91. The molecule has 1 amide bonds. The van der Waals surface area contributed by atoms with Crippen LogP contribution in [0.2, 0.25) is 0 Å². The number of nitrogens with zero attached hydrogens (tertiary/aromatic N) is 1. The van der Waals surface area contributed by atoms with E-state index in [1.807, 2.05) is 19.9 Å². The van der Waals surface area contributed by atoms with Gasteiger partial charge in [-0.2, -0.15) is 0 Å². The van der Waals surface area contributed by atoms with Crippen molar-refractivity contribution in [3.05, 3.63) is 63.0 Å². The molecule has 23 heavy (non-hydrogen) atoms. The fourth-order valence-electron chi connectivity index (χ4n) is 2.43. The van der Waals surface area contributed by atoms with Crippen molar-refractivity contribution in [3.63, 3.8) is 0 Å². The van der Waals surface area contributed by atoms with Gasteiger partial charge in [-0.05, 0) is 44.5 Å². The molecule has 120 valence electrons. The lowest BCUT2D eigenvalue weighted by Crippen LogP contribution is -2.24. The Balaban J connectivity index is 2.62. The number of carbonyl (C=O) groups is 1. The van der Waals surface area contributed by atoms with E-state index in [2.05, 4.69) is 10.3 Å². The Morgan fingerprint density at radius 1 is 1.35 bits per heavy atom. The van der Waals surface area contributed by atoms with Crippen molar-refractivity contribution in [1.82, 2.24) is 10.3 Å². The van der Waals surface area contributed by atoms with Crippen molar-refractivity contribution < 1.29 is 9.72 Å². The number of aromatic nitrogens is 1. The number of rotatable bonds is 5. The van der Waals surface area contributed by atoms with Gasteiger partial charge in [0.05, 0.1) is 16.1 Å². The van der Waals surface area contributed by atoms with Gasteiger partial charge in [0, 0.05) is 24.0 Å². The summed E-state index contributed by atoms with van der Waals surface area (Å²) in [6.07, 6.45) is 1.66. The van der Waals surface area contributed by atoms with Gasteiger partial charge in [-0.1, -0.05) is 12.1 Å². The number of H-pyrrole nitrogens is 1. The van der Waals surface area contributed by atoms with Gasteiger partial charge in [-0.15, -0.1) is 0 Å². The summed E-state index contributed by atoms with van der Waals surface area (Å²) in [6, 6.07) is 8.21. The highest BCUT2D eigenvalue weighted by Gasteiger charge is 2.21. The van der Waals surface area contributed by atoms with Crippen LogP contribution in [-0.2, 0) is 4.79 Å². The Morgan fingerprint density at radius 2 is 2.04 bits per heavy atom. The molecule has 6 heteroatoms. The van der Waals surface area contributed by atoms with Crippen molar-refractivity contribution in [2.45, 2.75) is 20.8 Å². The lowest BCUT2D eigenvalue weighted by molar-refractivity contribution is -0.385. The third-order valence-electron chi connectivity index (χ3n) is 3.45. The fourth-order valence-corrected chi connectivity index (χ4v) is 2.43. The lowest BCUT2D eigenvalue weighted by Gasteiger charge is -2.09. The van der Waals surface area contributed by atoms with Crippen LogP contribution in [0.5, 0.6) is 0 Å². The lowest BCUT2D eigenvalue weighted by atomic mass is 10.0. The Morgan fingerprint density at radius 3 is 2.61 bits per heavy atom. The van der Waals surface area contributed by atoms with Crippen molar-refractivity contribution in [1.29, 1.82) is 0 Å². The minimum absolute atomic E-state index is 0.0917. The number of likely N-dealkylation sites (N-methyl/N-ethyl adjacent to an activating group) is 1. The third kappa shape index (κ3) is 3.66. The van der Waals surface area contributed by atoms with E-state index in [-0.39, 0.29) is 17.2 Å². The standard InChI is InChI=1S/C17H19N3O3/c1-4-18-17(21)14(10-15-11(2)9-12(3)19-15)13-7-5-6-8-16(13)20(22)23/h5-10,19H,4H2,1-3H3,(H,18,21)/b14-10-. The van der Waals surface area contributed by atoms with Gasteiger partial charge in [0.15, 0.2) is 0 Å². The van der Waals surface area contributed by atoms with Gasteiger partial charge in [0.2, 0.25) is 0 Å². The van der Waals surface area contributed by atoms with Gasteiger partial charge in [0.25, 0.3) is 11.6 Å². The number of carbonyl (C=O) groups excluding carboxylic acids is 1. The highest BCUT2D eigenvalue weighted by Crippen LogP contribution is 2.28. The highest BCUT2D eigenvalue weighted by molar-refractivity contribution is 6.25. The summed E-state index contributed by atoms with van der Waals surface area (Å²) in [5.74, 6) is -0.339. The van der Waals surface area contributed by atoms with E-state index in [4.69, 9.17) is 0 Å². The molecular weight excluding hydrogens is 294 g/mol. The molecule has 2 rings (SSSR count). The number of nitro benzene ring substituents is 1. The first-order valence-corrected chi connectivity index (χ1v) is 7.34. The molecule has 1 aromatic heterocycles. The van der Waals surface area contributed by atoms with Gasteiger partial charge in [0.1, 0.15) is 0 Å². The molecule has 0 radical (unpaired) electrons. The Hall–Kier alpha value is -2.89. The maximum absolute atomic E-state index is 12.4. The first-order chi connectivity index (χ1) is 10.9. The molecule has 0 aliphatic heterocycles. The molecule has 0 atom stereocenters. The minimum atomic E-state index is -0.477. The summed E-state index contributed by atoms with van der Waals surface area (Å²) in [5, 5.41) is 14.0.